The van der Waals surface area contributed by atoms with Gasteiger partial charge in [0.2, 0.25) is 0 Å². The molecule has 1 aliphatic heterocycles. The minimum Gasteiger partial charge on any atom is -0.310 e. The number of nitrogens with zero attached hydrogens (tertiary/aromatic N) is 1. The van der Waals surface area contributed by atoms with E-state index in [-0.39, 0.29) is 0 Å². The van der Waals surface area contributed by atoms with Gasteiger partial charge in [0.05, 0.1) is 0 Å². The van der Waals surface area contributed by atoms with E-state index < -0.39 is 0 Å². The van der Waals surface area contributed by atoms with E-state index in [2.05, 4.69) is 47.5 Å². The van der Waals surface area contributed by atoms with Gasteiger partial charge in [0, 0.05) is 25.2 Å². The van der Waals surface area contributed by atoms with Gasteiger partial charge in [0.15, 0.2) is 0 Å². The summed E-state index contributed by atoms with van der Waals surface area (Å²) in [5.74, 6) is 0.925. The molecular formula is C19H30N2. The van der Waals surface area contributed by atoms with E-state index in [1.54, 1.807) is 0 Å². The molecule has 0 aromatic heterocycles. The number of piperidine rings is 1. The lowest BCUT2D eigenvalue weighted by molar-refractivity contribution is 0.169. The maximum Gasteiger partial charge on any atom is 0.0234 e. The van der Waals surface area contributed by atoms with E-state index in [4.69, 9.17) is 0 Å². The van der Waals surface area contributed by atoms with E-state index in [1.165, 1.54) is 57.2 Å². The van der Waals surface area contributed by atoms with Crippen LogP contribution in [0.15, 0.2) is 30.3 Å². The molecule has 1 aliphatic carbocycles. The molecule has 2 nitrogen and oxygen atoms in total. The molecule has 2 fully saturated rings. The lowest BCUT2D eigenvalue weighted by atomic mass is 9.97. The highest BCUT2D eigenvalue weighted by Gasteiger charge is 2.26. The van der Waals surface area contributed by atoms with Gasteiger partial charge in [-0.25, -0.2) is 0 Å². The van der Waals surface area contributed by atoms with Crippen molar-refractivity contribution in [2.75, 3.05) is 13.1 Å². The van der Waals surface area contributed by atoms with Gasteiger partial charge in [-0.05, 0) is 50.6 Å². The molecule has 2 aliphatic rings. The van der Waals surface area contributed by atoms with Crippen LogP contribution in [0.25, 0.3) is 0 Å². The number of benzene rings is 1. The Balaban J connectivity index is 1.48. The van der Waals surface area contributed by atoms with E-state index in [1.807, 2.05) is 0 Å². The second-order valence-corrected chi connectivity index (χ2v) is 7.06. The Morgan fingerprint density at radius 1 is 1.10 bits per heavy atom. The first-order valence-electron chi connectivity index (χ1n) is 8.83. The molecule has 2 heteroatoms. The van der Waals surface area contributed by atoms with E-state index in [0.29, 0.717) is 12.1 Å². The topological polar surface area (TPSA) is 15.3 Å². The van der Waals surface area contributed by atoms with Crippen LogP contribution in [0, 0.1) is 5.92 Å². The fourth-order valence-electron chi connectivity index (χ4n) is 4.14. The Morgan fingerprint density at radius 2 is 1.86 bits per heavy atom. The quantitative estimate of drug-likeness (QED) is 0.885. The predicted molar refractivity (Wildman–Crippen MR) is 89.3 cm³/mol. The van der Waals surface area contributed by atoms with Crippen molar-refractivity contribution in [3.63, 3.8) is 0 Å². The number of rotatable bonds is 5. The van der Waals surface area contributed by atoms with Crippen molar-refractivity contribution in [2.45, 2.75) is 64.1 Å². The van der Waals surface area contributed by atoms with Crippen LogP contribution in [0.2, 0.25) is 0 Å². The van der Waals surface area contributed by atoms with E-state index >= 15 is 0 Å². The van der Waals surface area contributed by atoms with Crippen LogP contribution in [0.5, 0.6) is 0 Å². The van der Waals surface area contributed by atoms with Crippen LogP contribution in [0.4, 0.5) is 0 Å². The highest BCUT2D eigenvalue weighted by Crippen LogP contribution is 2.28. The average Bonchev–Trinajstić information content (AvgIpc) is 3.03. The summed E-state index contributed by atoms with van der Waals surface area (Å²) >= 11 is 0. The first kappa shape index (κ1) is 15.1. The van der Waals surface area contributed by atoms with Crippen LogP contribution in [0.1, 0.15) is 51.0 Å². The highest BCUT2D eigenvalue weighted by molar-refractivity contribution is 5.14. The van der Waals surface area contributed by atoms with Gasteiger partial charge in [-0.3, -0.25) is 4.90 Å². The van der Waals surface area contributed by atoms with Crippen LogP contribution in [-0.4, -0.2) is 30.1 Å². The minimum absolute atomic E-state index is 0.693. The summed E-state index contributed by atoms with van der Waals surface area (Å²) in [6.07, 6.45) is 8.45. The average molecular weight is 286 g/mol. The molecule has 2 atom stereocenters. The predicted octanol–water partition coefficient (Wildman–Crippen LogP) is 3.82. The van der Waals surface area contributed by atoms with Gasteiger partial charge in [0.1, 0.15) is 0 Å². The molecule has 0 amide bonds. The van der Waals surface area contributed by atoms with Gasteiger partial charge < -0.3 is 5.32 Å². The molecule has 0 spiro atoms. The molecule has 1 unspecified atom stereocenters. The van der Waals surface area contributed by atoms with Crippen molar-refractivity contribution >= 4 is 0 Å². The molecular weight excluding hydrogens is 256 g/mol. The molecule has 1 heterocycles. The number of nitrogens with one attached hydrogen (secondary N) is 1. The van der Waals surface area contributed by atoms with Gasteiger partial charge in [-0.2, -0.15) is 0 Å². The van der Waals surface area contributed by atoms with Gasteiger partial charge in [-0.1, -0.05) is 43.2 Å². The minimum atomic E-state index is 0.693. The zero-order chi connectivity index (χ0) is 14.5. The highest BCUT2D eigenvalue weighted by atomic mass is 15.2. The third-order valence-electron chi connectivity index (χ3n) is 5.36. The lowest BCUT2D eigenvalue weighted by Gasteiger charge is -2.36. The Kier molecular flexibility index (Phi) is 5.32. The Labute approximate surface area is 129 Å². The molecule has 1 aromatic carbocycles. The van der Waals surface area contributed by atoms with Crippen molar-refractivity contribution in [2.24, 2.45) is 5.92 Å². The summed E-state index contributed by atoms with van der Waals surface area (Å²) < 4.78 is 0. The Bertz CT molecular complexity index is 411. The van der Waals surface area contributed by atoms with Gasteiger partial charge in [-0.15, -0.1) is 0 Å². The first-order chi connectivity index (χ1) is 10.3. The third kappa shape index (κ3) is 4.31. The zero-order valence-corrected chi connectivity index (χ0v) is 13.4. The molecule has 1 saturated carbocycles. The summed E-state index contributed by atoms with van der Waals surface area (Å²) in [7, 11) is 0. The first-order valence-corrected chi connectivity index (χ1v) is 8.83. The molecule has 0 bridgehead atoms. The smallest absolute Gasteiger partial charge is 0.0234 e. The van der Waals surface area contributed by atoms with Crippen molar-refractivity contribution in [1.82, 2.24) is 10.2 Å². The summed E-state index contributed by atoms with van der Waals surface area (Å²) in [5.41, 5.74) is 1.45. The zero-order valence-electron chi connectivity index (χ0n) is 13.4. The largest absolute Gasteiger partial charge is 0.310 e. The molecule has 1 aromatic rings. The molecule has 1 N–H and O–H groups in total. The number of hydrogen-bond donors (Lipinski definition) is 1. The SMILES string of the molecule is C[C@@H](NC1CCCN(Cc2ccccc2)C1)C1CCCC1. The summed E-state index contributed by atoms with van der Waals surface area (Å²) in [6, 6.07) is 12.3. The van der Waals surface area contributed by atoms with Gasteiger partial charge in [0.25, 0.3) is 0 Å². The van der Waals surface area contributed by atoms with E-state index in [0.717, 1.165) is 12.5 Å². The Hall–Kier alpha value is -0.860. The second kappa shape index (κ2) is 7.42. The molecule has 116 valence electrons. The third-order valence-corrected chi connectivity index (χ3v) is 5.36. The van der Waals surface area contributed by atoms with Crippen molar-refractivity contribution in [3.8, 4) is 0 Å². The van der Waals surface area contributed by atoms with Crippen molar-refractivity contribution < 1.29 is 0 Å². The molecule has 0 radical (unpaired) electrons. The summed E-state index contributed by atoms with van der Waals surface area (Å²) in [5, 5.41) is 3.93. The number of hydrogen-bond acceptors (Lipinski definition) is 2. The van der Waals surface area contributed by atoms with Crippen LogP contribution < -0.4 is 5.32 Å². The molecule has 3 rings (SSSR count). The summed E-state index contributed by atoms with van der Waals surface area (Å²) in [4.78, 5) is 2.62. The fraction of sp³-hybridized carbons (Fsp3) is 0.684. The molecule has 1 saturated heterocycles. The van der Waals surface area contributed by atoms with Crippen molar-refractivity contribution in [1.29, 1.82) is 0 Å². The summed E-state index contributed by atoms with van der Waals surface area (Å²) in [6.45, 7) is 5.99. The molecule has 21 heavy (non-hydrogen) atoms. The fourth-order valence-corrected chi connectivity index (χ4v) is 4.14. The number of likely N-dealkylation sites (tertiary alicyclic amines) is 1. The van der Waals surface area contributed by atoms with Crippen LogP contribution in [-0.2, 0) is 6.54 Å². The van der Waals surface area contributed by atoms with Gasteiger partial charge >= 0.3 is 0 Å². The normalized spacial score (nSPS) is 26.0. The monoisotopic (exact) mass is 286 g/mol. The van der Waals surface area contributed by atoms with Crippen molar-refractivity contribution in [3.05, 3.63) is 35.9 Å². The second-order valence-electron chi connectivity index (χ2n) is 7.06. The Morgan fingerprint density at radius 3 is 2.62 bits per heavy atom. The lowest BCUT2D eigenvalue weighted by Crippen LogP contribution is -2.49. The van der Waals surface area contributed by atoms with E-state index in [9.17, 15) is 0 Å². The van der Waals surface area contributed by atoms with Crippen LogP contribution in [0.3, 0.4) is 0 Å². The van der Waals surface area contributed by atoms with Crippen LogP contribution >= 0.6 is 0 Å². The maximum atomic E-state index is 3.93. The maximum absolute atomic E-state index is 3.93. The standard InChI is InChI=1S/C19H30N2/c1-16(18-10-5-6-11-18)20-19-12-7-13-21(15-19)14-17-8-3-2-4-9-17/h2-4,8-9,16,18-20H,5-7,10-15H2,1H3/t16-,19?/m1/s1.